The van der Waals surface area contributed by atoms with E-state index in [1.807, 2.05) is 13.8 Å². The number of urea groups is 1. The fourth-order valence-electron chi connectivity index (χ4n) is 2.17. The molecule has 2 N–H and O–H groups in total. The van der Waals surface area contributed by atoms with E-state index in [-0.39, 0.29) is 11.8 Å². The number of nitrogens with zero attached hydrogens (tertiary/aromatic N) is 2. The molecule has 2 rings (SSSR count). The number of aliphatic imine (C=N–C) groups is 1. The maximum absolute atomic E-state index is 13.3. The Kier molecular flexibility index (Phi) is 3.50. The van der Waals surface area contributed by atoms with E-state index in [0.717, 1.165) is 6.07 Å². The van der Waals surface area contributed by atoms with Crippen LogP contribution in [0.15, 0.2) is 23.2 Å². The fraction of sp³-hybridized carbons (Fsp3) is 0.385. The highest BCUT2D eigenvalue weighted by atomic mass is 19.1. The first-order valence-corrected chi connectivity index (χ1v) is 5.99. The zero-order chi connectivity index (χ0) is 14.2. The third-order valence-corrected chi connectivity index (χ3v) is 2.82. The molecule has 1 aromatic carbocycles. The second-order valence-corrected chi connectivity index (χ2v) is 4.97. The number of hydrogen-bond donors (Lipinski definition) is 1. The molecule has 102 valence electrons. The highest BCUT2D eigenvalue weighted by molar-refractivity contribution is 6.03. The molecular weight excluding hydrogens is 252 g/mol. The van der Waals surface area contributed by atoms with Gasteiger partial charge in [0, 0.05) is 12.6 Å². The zero-order valence-corrected chi connectivity index (χ0v) is 10.7. The summed E-state index contributed by atoms with van der Waals surface area (Å²) in [6.45, 7) is 4.29. The topological polar surface area (TPSA) is 58.7 Å². The summed E-state index contributed by atoms with van der Waals surface area (Å²) >= 11 is 0. The normalized spacial score (nSPS) is 19.2. The van der Waals surface area contributed by atoms with Gasteiger partial charge in [0.2, 0.25) is 0 Å². The van der Waals surface area contributed by atoms with Crippen LogP contribution in [0.3, 0.4) is 0 Å². The van der Waals surface area contributed by atoms with Crippen molar-refractivity contribution < 1.29 is 13.6 Å². The number of carbonyl (C=O) groups excluding carboxylic acids is 1. The second kappa shape index (κ2) is 4.95. The van der Waals surface area contributed by atoms with E-state index in [9.17, 15) is 13.6 Å². The average Bonchev–Trinajstić information content (AvgIpc) is 2.51. The van der Waals surface area contributed by atoms with Gasteiger partial charge in [0.25, 0.3) is 0 Å². The van der Waals surface area contributed by atoms with Crippen molar-refractivity contribution >= 4 is 11.9 Å². The van der Waals surface area contributed by atoms with Crippen LogP contribution in [-0.4, -0.2) is 23.3 Å². The Bertz CT molecular complexity index is 522. The minimum atomic E-state index is -0.702. The molecule has 19 heavy (non-hydrogen) atoms. The Morgan fingerprint density at radius 2 is 1.89 bits per heavy atom. The Hall–Kier alpha value is -1.98. The van der Waals surface area contributed by atoms with E-state index >= 15 is 0 Å². The van der Waals surface area contributed by atoms with Crippen molar-refractivity contribution in [2.45, 2.75) is 19.9 Å². The van der Waals surface area contributed by atoms with Crippen molar-refractivity contribution in [1.29, 1.82) is 0 Å². The molecule has 0 radical (unpaired) electrons. The van der Waals surface area contributed by atoms with Gasteiger partial charge < -0.3 is 10.6 Å². The van der Waals surface area contributed by atoms with Crippen LogP contribution in [0.5, 0.6) is 0 Å². The van der Waals surface area contributed by atoms with Crippen LogP contribution in [-0.2, 0) is 0 Å². The molecular formula is C13H15F2N3O. The van der Waals surface area contributed by atoms with Gasteiger partial charge in [-0.3, -0.25) is 0 Å². The lowest BCUT2D eigenvalue weighted by atomic mass is 10.0. The lowest BCUT2D eigenvalue weighted by Gasteiger charge is -2.26. The number of carbonyl (C=O) groups is 1. The van der Waals surface area contributed by atoms with E-state index in [0.29, 0.717) is 12.1 Å². The molecule has 0 saturated heterocycles. The molecule has 1 aromatic rings. The molecule has 4 nitrogen and oxygen atoms in total. The quantitative estimate of drug-likeness (QED) is 0.914. The standard InChI is InChI=1S/C13H15F2N3O/c1-7(2)6-18-11(12(16)17-13(18)19)8-3-9(14)5-10(15)4-8/h3-5,7,11H,6H2,1-2H3,(H2,16,17,19). The SMILES string of the molecule is CC(C)CN1C(=O)N=C(N)C1c1cc(F)cc(F)c1. The Morgan fingerprint density at radius 3 is 2.42 bits per heavy atom. The fourth-order valence-corrected chi connectivity index (χ4v) is 2.17. The van der Waals surface area contributed by atoms with E-state index in [1.165, 1.54) is 17.0 Å². The predicted octanol–water partition coefficient (Wildman–Crippen LogP) is 2.45. The molecule has 0 bridgehead atoms. The average molecular weight is 267 g/mol. The van der Waals surface area contributed by atoms with Gasteiger partial charge in [-0.25, -0.2) is 13.6 Å². The number of nitrogens with two attached hydrogens (primary N) is 1. The highest BCUT2D eigenvalue weighted by Gasteiger charge is 2.35. The van der Waals surface area contributed by atoms with Crippen molar-refractivity contribution in [1.82, 2.24) is 4.90 Å². The van der Waals surface area contributed by atoms with E-state index in [4.69, 9.17) is 5.73 Å². The molecule has 1 atom stereocenters. The summed E-state index contributed by atoms with van der Waals surface area (Å²) in [5.41, 5.74) is 6.01. The Labute approximate surface area is 109 Å². The van der Waals surface area contributed by atoms with E-state index < -0.39 is 23.7 Å². The van der Waals surface area contributed by atoms with Crippen molar-refractivity contribution in [3.05, 3.63) is 35.4 Å². The number of rotatable bonds is 3. The summed E-state index contributed by atoms with van der Waals surface area (Å²) < 4.78 is 26.5. The predicted molar refractivity (Wildman–Crippen MR) is 67.7 cm³/mol. The molecule has 0 saturated carbocycles. The molecule has 0 spiro atoms. The summed E-state index contributed by atoms with van der Waals surface area (Å²) in [6, 6.07) is 1.95. The summed E-state index contributed by atoms with van der Waals surface area (Å²) in [6.07, 6.45) is 0. The molecule has 0 aromatic heterocycles. The minimum Gasteiger partial charge on any atom is -0.385 e. The zero-order valence-electron chi connectivity index (χ0n) is 10.7. The summed E-state index contributed by atoms with van der Waals surface area (Å²) in [5.74, 6) is -1.14. The van der Waals surface area contributed by atoms with Crippen LogP contribution in [0.2, 0.25) is 0 Å². The highest BCUT2D eigenvalue weighted by Crippen LogP contribution is 2.28. The van der Waals surface area contributed by atoms with Crippen LogP contribution >= 0.6 is 0 Å². The first-order valence-electron chi connectivity index (χ1n) is 5.99. The first kappa shape index (κ1) is 13.5. The second-order valence-electron chi connectivity index (χ2n) is 4.97. The molecule has 0 fully saturated rings. The molecule has 1 aliphatic heterocycles. The molecule has 2 amide bonds. The maximum Gasteiger partial charge on any atom is 0.346 e. The van der Waals surface area contributed by atoms with Crippen LogP contribution in [0.1, 0.15) is 25.5 Å². The number of hydrogen-bond acceptors (Lipinski definition) is 2. The smallest absolute Gasteiger partial charge is 0.346 e. The van der Waals surface area contributed by atoms with Gasteiger partial charge in [0.1, 0.15) is 23.5 Å². The third kappa shape index (κ3) is 2.72. The van der Waals surface area contributed by atoms with Crippen LogP contribution < -0.4 is 5.73 Å². The van der Waals surface area contributed by atoms with Crippen LogP contribution in [0.4, 0.5) is 13.6 Å². The molecule has 1 unspecified atom stereocenters. The minimum absolute atomic E-state index is 0.0654. The van der Waals surface area contributed by atoms with Crippen molar-refractivity contribution in [3.8, 4) is 0 Å². The van der Waals surface area contributed by atoms with E-state index in [1.54, 1.807) is 0 Å². The maximum atomic E-state index is 13.3. The molecule has 1 aliphatic rings. The van der Waals surface area contributed by atoms with Gasteiger partial charge in [0.05, 0.1) is 0 Å². The van der Waals surface area contributed by atoms with Gasteiger partial charge in [0.15, 0.2) is 0 Å². The summed E-state index contributed by atoms with van der Waals surface area (Å²) in [7, 11) is 0. The summed E-state index contributed by atoms with van der Waals surface area (Å²) in [5, 5.41) is 0. The Morgan fingerprint density at radius 1 is 1.32 bits per heavy atom. The van der Waals surface area contributed by atoms with Crippen molar-refractivity contribution in [2.75, 3.05) is 6.54 Å². The van der Waals surface area contributed by atoms with Crippen LogP contribution in [0.25, 0.3) is 0 Å². The van der Waals surface area contributed by atoms with Gasteiger partial charge in [-0.15, -0.1) is 0 Å². The van der Waals surface area contributed by atoms with Gasteiger partial charge in [-0.2, -0.15) is 4.99 Å². The van der Waals surface area contributed by atoms with Gasteiger partial charge in [-0.05, 0) is 23.6 Å². The monoisotopic (exact) mass is 267 g/mol. The first-order chi connectivity index (χ1) is 8.88. The molecule has 0 aliphatic carbocycles. The van der Waals surface area contributed by atoms with Crippen molar-refractivity contribution in [2.24, 2.45) is 16.6 Å². The third-order valence-electron chi connectivity index (χ3n) is 2.82. The Balaban J connectivity index is 2.39. The summed E-state index contributed by atoms with van der Waals surface area (Å²) in [4.78, 5) is 16.8. The number of amides is 2. The number of amidine groups is 1. The van der Waals surface area contributed by atoms with Gasteiger partial charge in [-0.1, -0.05) is 13.8 Å². The van der Waals surface area contributed by atoms with Crippen molar-refractivity contribution in [3.63, 3.8) is 0 Å². The van der Waals surface area contributed by atoms with Gasteiger partial charge >= 0.3 is 6.03 Å². The largest absolute Gasteiger partial charge is 0.385 e. The van der Waals surface area contributed by atoms with E-state index in [2.05, 4.69) is 4.99 Å². The van der Waals surface area contributed by atoms with Crippen LogP contribution in [0, 0.1) is 17.6 Å². The lowest BCUT2D eigenvalue weighted by molar-refractivity contribution is 0.198. The number of halogens is 2. The molecule has 6 heteroatoms. The molecule has 1 heterocycles. The number of benzene rings is 1. The lowest BCUT2D eigenvalue weighted by Crippen LogP contribution is -2.36.